The number of carbonyl (C=O) groups is 3. The summed E-state index contributed by atoms with van der Waals surface area (Å²) in [6.45, 7) is 3.35. The smallest absolute Gasteiger partial charge is 0.282 e. The molecule has 3 amide bonds. The summed E-state index contributed by atoms with van der Waals surface area (Å²) in [5.74, 6) is -0.959. The molecule has 4 rings (SSSR count). The lowest BCUT2D eigenvalue weighted by Crippen LogP contribution is -2.32. The number of hydrogen-bond acceptors (Lipinski definition) is 4. The molecule has 2 N–H and O–H groups in total. The summed E-state index contributed by atoms with van der Waals surface area (Å²) in [6, 6.07) is 23.4. The maximum Gasteiger partial charge on any atom is 0.282 e. The SMILES string of the molecule is CC(=O)Nc1ccc(NC2=C(c3ccccc3)C(=O)N(c3cccc(C)c3)C2=O)cc1. The molecular weight excluding hydrogens is 390 g/mol. The van der Waals surface area contributed by atoms with Crippen LogP contribution in [-0.2, 0) is 14.4 Å². The van der Waals surface area contributed by atoms with Gasteiger partial charge in [-0.25, -0.2) is 4.90 Å². The molecule has 6 heteroatoms. The first-order valence-electron chi connectivity index (χ1n) is 9.84. The summed E-state index contributed by atoms with van der Waals surface area (Å²) >= 11 is 0. The van der Waals surface area contributed by atoms with Crippen LogP contribution in [0.15, 0.2) is 84.6 Å². The summed E-state index contributed by atoms with van der Waals surface area (Å²) in [5, 5.41) is 5.82. The highest BCUT2D eigenvalue weighted by molar-refractivity contribution is 6.46. The van der Waals surface area contributed by atoms with Crippen molar-refractivity contribution >= 4 is 40.4 Å². The Kier molecular flexibility index (Phi) is 5.37. The maximum absolute atomic E-state index is 13.4. The molecule has 1 aliphatic heterocycles. The fourth-order valence-electron chi connectivity index (χ4n) is 3.50. The zero-order valence-electron chi connectivity index (χ0n) is 17.2. The van der Waals surface area contributed by atoms with E-state index >= 15 is 0 Å². The van der Waals surface area contributed by atoms with Crippen LogP contribution in [0.2, 0.25) is 0 Å². The van der Waals surface area contributed by atoms with Gasteiger partial charge in [-0.3, -0.25) is 14.4 Å². The van der Waals surface area contributed by atoms with Gasteiger partial charge in [0.15, 0.2) is 0 Å². The van der Waals surface area contributed by atoms with Crippen LogP contribution in [0, 0.1) is 6.92 Å². The van der Waals surface area contributed by atoms with Crippen LogP contribution in [0.1, 0.15) is 18.1 Å². The highest BCUT2D eigenvalue weighted by Crippen LogP contribution is 2.34. The summed E-state index contributed by atoms with van der Waals surface area (Å²) in [7, 11) is 0. The van der Waals surface area contributed by atoms with Gasteiger partial charge in [0, 0.05) is 18.3 Å². The largest absolute Gasteiger partial charge is 0.350 e. The molecule has 1 heterocycles. The normalized spacial score (nSPS) is 13.5. The number of rotatable bonds is 5. The van der Waals surface area contributed by atoms with Crippen LogP contribution in [0.4, 0.5) is 17.1 Å². The molecule has 3 aromatic carbocycles. The molecule has 1 aliphatic rings. The lowest BCUT2D eigenvalue weighted by molar-refractivity contribution is -0.120. The number of carbonyl (C=O) groups excluding carboxylic acids is 3. The number of anilines is 3. The van der Waals surface area contributed by atoms with Crippen LogP contribution in [0.5, 0.6) is 0 Å². The van der Waals surface area contributed by atoms with Crippen LogP contribution >= 0.6 is 0 Å². The van der Waals surface area contributed by atoms with Gasteiger partial charge in [-0.1, -0.05) is 42.5 Å². The molecule has 154 valence electrons. The van der Waals surface area contributed by atoms with Gasteiger partial charge in [0.05, 0.1) is 11.3 Å². The maximum atomic E-state index is 13.4. The molecule has 3 aromatic rings. The molecule has 6 nitrogen and oxygen atoms in total. The molecule has 0 saturated heterocycles. The molecule has 31 heavy (non-hydrogen) atoms. The second kappa shape index (κ2) is 8.28. The van der Waals surface area contributed by atoms with Gasteiger partial charge < -0.3 is 10.6 Å². The highest BCUT2D eigenvalue weighted by atomic mass is 16.2. The van der Waals surface area contributed by atoms with E-state index in [1.54, 1.807) is 30.3 Å². The Labute approximate surface area is 180 Å². The van der Waals surface area contributed by atoms with Crippen LogP contribution in [-0.4, -0.2) is 17.7 Å². The Morgan fingerprint density at radius 1 is 0.806 bits per heavy atom. The van der Waals surface area contributed by atoms with Gasteiger partial charge >= 0.3 is 0 Å². The van der Waals surface area contributed by atoms with E-state index in [4.69, 9.17) is 0 Å². The predicted octanol–water partition coefficient (Wildman–Crippen LogP) is 4.35. The highest BCUT2D eigenvalue weighted by Gasteiger charge is 2.40. The van der Waals surface area contributed by atoms with Crippen molar-refractivity contribution in [1.82, 2.24) is 0 Å². The molecule has 0 bridgehead atoms. The molecule has 0 fully saturated rings. The number of nitrogens with zero attached hydrogens (tertiary/aromatic N) is 1. The Balaban J connectivity index is 1.74. The third kappa shape index (κ3) is 4.09. The van der Waals surface area contributed by atoms with Crippen LogP contribution in [0.25, 0.3) is 5.57 Å². The van der Waals surface area contributed by atoms with Gasteiger partial charge in [0.1, 0.15) is 5.70 Å². The number of hydrogen-bond donors (Lipinski definition) is 2. The first kappa shape index (κ1) is 20.1. The van der Waals surface area contributed by atoms with Crippen LogP contribution < -0.4 is 15.5 Å². The molecule has 0 unspecified atom stereocenters. The average Bonchev–Trinajstić information content (AvgIpc) is 2.99. The zero-order valence-corrected chi connectivity index (χ0v) is 17.2. The van der Waals surface area contributed by atoms with E-state index in [9.17, 15) is 14.4 Å². The van der Waals surface area contributed by atoms with Gasteiger partial charge in [0.2, 0.25) is 5.91 Å². The first-order chi connectivity index (χ1) is 14.9. The van der Waals surface area contributed by atoms with Crippen molar-refractivity contribution in [2.24, 2.45) is 0 Å². The van der Waals surface area contributed by atoms with Crippen molar-refractivity contribution in [3.63, 3.8) is 0 Å². The molecule has 0 aromatic heterocycles. The zero-order chi connectivity index (χ0) is 22.0. The van der Waals surface area contributed by atoms with Gasteiger partial charge in [-0.05, 0) is 54.4 Å². The fraction of sp³-hybridized carbons (Fsp3) is 0.0800. The van der Waals surface area contributed by atoms with Crippen molar-refractivity contribution in [2.45, 2.75) is 13.8 Å². The summed E-state index contributed by atoms with van der Waals surface area (Å²) in [4.78, 5) is 39.1. The topological polar surface area (TPSA) is 78.5 Å². The van der Waals surface area contributed by atoms with Crippen LogP contribution in [0.3, 0.4) is 0 Å². The second-order valence-electron chi connectivity index (χ2n) is 7.28. The standard InChI is InChI=1S/C25H21N3O3/c1-16-7-6-10-21(15-16)28-24(30)22(18-8-4-3-5-9-18)23(25(28)31)27-20-13-11-19(12-14-20)26-17(2)29/h3-15,27H,1-2H3,(H,26,29). The number of nitrogens with one attached hydrogen (secondary N) is 2. The molecular formula is C25H21N3O3. The van der Waals surface area contributed by atoms with E-state index in [0.717, 1.165) is 5.56 Å². The summed E-state index contributed by atoms with van der Waals surface area (Å²) in [6.07, 6.45) is 0. The van der Waals surface area contributed by atoms with Crippen molar-refractivity contribution in [2.75, 3.05) is 15.5 Å². The number of benzene rings is 3. The van der Waals surface area contributed by atoms with Gasteiger partial charge in [-0.15, -0.1) is 0 Å². The molecule has 0 aliphatic carbocycles. The minimum Gasteiger partial charge on any atom is -0.350 e. The average molecular weight is 411 g/mol. The number of aryl methyl sites for hydroxylation is 1. The number of amides is 3. The van der Waals surface area contributed by atoms with E-state index in [1.807, 2.05) is 55.5 Å². The Morgan fingerprint density at radius 3 is 2.13 bits per heavy atom. The van der Waals surface area contributed by atoms with Gasteiger partial charge in [0.25, 0.3) is 11.8 Å². The van der Waals surface area contributed by atoms with E-state index in [1.165, 1.54) is 11.8 Å². The molecule has 0 atom stereocenters. The van der Waals surface area contributed by atoms with Crippen molar-refractivity contribution < 1.29 is 14.4 Å². The minimum atomic E-state index is -0.416. The first-order valence-corrected chi connectivity index (χ1v) is 9.84. The van der Waals surface area contributed by atoms with E-state index in [0.29, 0.717) is 28.2 Å². The third-order valence-corrected chi connectivity index (χ3v) is 4.88. The summed E-state index contributed by atoms with van der Waals surface area (Å²) in [5.41, 5.74) is 3.95. The lowest BCUT2D eigenvalue weighted by atomic mass is 10.0. The lowest BCUT2D eigenvalue weighted by Gasteiger charge is -2.16. The van der Waals surface area contributed by atoms with Crippen molar-refractivity contribution in [1.29, 1.82) is 0 Å². The quantitative estimate of drug-likeness (QED) is 0.612. The molecule has 0 radical (unpaired) electrons. The van der Waals surface area contributed by atoms with Gasteiger partial charge in [-0.2, -0.15) is 0 Å². The second-order valence-corrected chi connectivity index (χ2v) is 7.28. The predicted molar refractivity (Wildman–Crippen MR) is 121 cm³/mol. The monoisotopic (exact) mass is 411 g/mol. The molecule has 0 spiro atoms. The van der Waals surface area contributed by atoms with E-state index in [2.05, 4.69) is 10.6 Å². The Bertz CT molecular complexity index is 1200. The molecule has 0 saturated carbocycles. The Hall–Kier alpha value is -4.19. The van der Waals surface area contributed by atoms with Crippen molar-refractivity contribution in [3.05, 3.63) is 95.7 Å². The van der Waals surface area contributed by atoms with E-state index in [-0.39, 0.29) is 17.5 Å². The van der Waals surface area contributed by atoms with Crippen molar-refractivity contribution in [3.8, 4) is 0 Å². The Morgan fingerprint density at radius 2 is 1.48 bits per heavy atom. The summed E-state index contributed by atoms with van der Waals surface area (Å²) < 4.78 is 0. The van der Waals surface area contributed by atoms with E-state index < -0.39 is 5.91 Å². The number of imide groups is 1. The fourth-order valence-corrected chi connectivity index (χ4v) is 3.50. The minimum absolute atomic E-state index is 0.167. The third-order valence-electron chi connectivity index (χ3n) is 4.88.